The van der Waals surface area contributed by atoms with E-state index in [9.17, 15) is 9.18 Å². The van der Waals surface area contributed by atoms with Gasteiger partial charge in [-0.2, -0.15) is 0 Å². The molecule has 18 heavy (non-hydrogen) atoms. The summed E-state index contributed by atoms with van der Waals surface area (Å²) in [6, 6.07) is 4.63. The Morgan fingerprint density at radius 3 is 3.06 bits per heavy atom. The fraction of sp³-hybridized carbons (Fsp3) is 0.500. The SMILES string of the molecule is O=C([C@H]1CCCCN1)N1CCc2ccc(F)cc21. The predicted octanol–water partition coefficient (Wildman–Crippen LogP) is 1.86. The summed E-state index contributed by atoms with van der Waals surface area (Å²) < 4.78 is 13.3. The van der Waals surface area contributed by atoms with Crippen LogP contribution >= 0.6 is 0 Å². The first-order valence-electron chi connectivity index (χ1n) is 6.59. The zero-order valence-electron chi connectivity index (χ0n) is 10.3. The van der Waals surface area contributed by atoms with Crippen LogP contribution in [0.3, 0.4) is 0 Å². The van der Waals surface area contributed by atoms with Crippen LogP contribution in [-0.4, -0.2) is 25.0 Å². The molecule has 1 aromatic carbocycles. The number of carbonyl (C=O) groups excluding carboxylic acids is 1. The average Bonchev–Trinajstić information content (AvgIpc) is 2.82. The minimum atomic E-state index is -0.273. The van der Waals surface area contributed by atoms with Gasteiger partial charge in [0.05, 0.1) is 6.04 Å². The summed E-state index contributed by atoms with van der Waals surface area (Å²) in [5.41, 5.74) is 1.83. The topological polar surface area (TPSA) is 32.3 Å². The number of piperidine rings is 1. The number of nitrogens with one attached hydrogen (secondary N) is 1. The Morgan fingerprint density at radius 2 is 2.28 bits per heavy atom. The van der Waals surface area contributed by atoms with Crippen LogP contribution in [0.15, 0.2) is 18.2 Å². The number of nitrogens with zero attached hydrogens (tertiary/aromatic N) is 1. The first-order chi connectivity index (χ1) is 8.75. The summed E-state index contributed by atoms with van der Waals surface area (Å²) in [6.45, 7) is 1.58. The number of halogens is 1. The molecule has 2 aliphatic rings. The Balaban J connectivity index is 1.82. The van der Waals surface area contributed by atoms with Crippen molar-refractivity contribution in [3.63, 3.8) is 0 Å². The van der Waals surface area contributed by atoms with Crippen LogP contribution in [0.2, 0.25) is 0 Å². The molecule has 4 heteroatoms. The lowest BCUT2D eigenvalue weighted by Gasteiger charge is -2.27. The van der Waals surface area contributed by atoms with E-state index in [1.165, 1.54) is 12.1 Å². The van der Waals surface area contributed by atoms with Gasteiger partial charge in [-0.3, -0.25) is 4.79 Å². The zero-order valence-corrected chi connectivity index (χ0v) is 10.3. The molecule has 3 rings (SSSR count). The summed E-state index contributed by atoms with van der Waals surface area (Å²) in [4.78, 5) is 14.2. The number of fused-ring (bicyclic) bond motifs is 1. The van der Waals surface area contributed by atoms with Crippen molar-refractivity contribution >= 4 is 11.6 Å². The molecule has 2 aliphatic heterocycles. The van der Waals surface area contributed by atoms with Crippen LogP contribution in [0, 0.1) is 5.82 Å². The number of anilines is 1. The standard InChI is InChI=1S/C14H17FN2O/c15-11-5-4-10-6-8-17(13(10)9-11)14(18)12-3-1-2-7-16-12/h4-5,9,12,16H,1-3,6-8H2/t12-/m1/s1. The number of carbonyl (C=O) groups is 1. The lowest BCUT2D eigenvalue weighted by molar-refractivity contribution is -0.121. The molecular formula is C14H17FN2O. The van der Waals surface area contributed by atoms with Crippen molar-refractivity contribution in [2.45, 2.75) is 31.7 Å². The van der Waals surface area contributed by atoms with Gasteiger partial charge in [0.2, 0.25) is 5.91 Å². The van der Waals surface area contributed by atoms with E-state index < -0.39 is 0 Å². The summed E-state index contributed by atoms with van der Waals surface area (Å²) >= 11 is 0. The number of rotatable bonds is 1. The van der Waals surface area contributed by atoms with Gasteiger partial charge in [-0.1, -0.05) is 12.5 Å². The highest BCUT2D eigenvalue weighted by atomic mass is 19.1. The molecule has 0 bridgehead atoms. The van der Waals surface area contributed by atoms with Gasteiger partial charge < -0.3 is 10.2 Å². The van der Waals surface area contributed by atoms with Crippen LogP contribution < -0.4 is 10.2 Å². The van der Waals surface area contributed by atoms with Crippen molar-refractivity contribution in [3.8, 4) is 0 Å². The van der Waals surface area contributed by atoms with Gasteiger partial charge >= 0.3 is 0 Å². The minimum absolute atomic E-state index is 0.0898. The van der Waals surface area contributed by atoms with Gasteiger partial charge in [-0.25, -0.2) is 4.39 Å². The third-order valence-corrected chi connectivity index (χ3v) is 3.82. The maximum atomic E-state index is 13.3. The van der Waals surface area contributed by atoms with Gasteiger partial charge in [-0.15, -0.1) is 0 Å². The Kier molecular flexibility index (Phi) is 3.04. The summed E-state index contributed by atoms with van der Waals surface area (Å²) in [6.07, 6.45) is 3.94. The molecule has 0 radical (unpaired) electrons. The van der Waals surface area contributed by atoms with Gasteiger partial charge in [0.25, 0.3) is 0 Å². The molecule has 0 aromatic heterocycles. The van der Waals surface area contributed by atoms with Crippen LogP contribution in [0.1, 0.15) is 24.8 Å². The van der Waals surface area contributed by atoms with Gasteiger partial charge in [0.1, 0.15) is 5.82 Å². The maximum absolute atomic E-state index is 13.3. The Morgan fingerprint density at radius 1 is 1.39 bits per heavy atom. The lowest BCUT2D eigenvalue weighted by Crippen LogP contribution is -2.48. The number of amides is 1. The van der Waals surface area contributed by atoms with Crippen LogP contribution in [0.5, 0.6) is 0 Å². The van der Waals surface area contributed by atoms with E-state index in [0.29, 0.717) is 6.54 Å². The highest BCUT2D eigenvalue weighted by Crippen LogP contribution is 2.29. The molecule has 1 atom stereocenters. The molecule has 1 saturated heterocycles. The molecule has 2 heterocycles. The molecule has 1 fully saturated rings. The quantitative estimate of drug-likeness (QED) is 0.822. The molecule has 1 aromatic rings. The molecule has 1 amide bonds. The van der Waals surface area contributed by atoms with Crippen molar-refractivity contribution in [2.75, 3.05) is 18.0 Å². The van der Waals surface area contributed by atoms with E-state index in [1.807, 2.05) is 0 Å². The Hall–Kier alpha value is -1.42. The average molecular weight is 248 g/mol. The van der Waals surface area contributed by atoms with E-state index in [2.05, 4.69) is 5.32 Å². The maximum Gasteiger partial charge on any atom is 0.244 e. The van der Waals surface area contributed by atoms with Crippen LogP contribution in [0.4, 0.5) is 10.1 Å². The molecule has 0 saturated carbocycles. The molecule has 96 valence electrons. The summed E-state index contributed by atoms with van der Waals surface area (Å²) in [5, 5.41) is 3.26. The fourth-order valence-electron chi connectivity index (χ4n) is 2.83. The second-order valence-electron chi connectivity index (χ2n) is 5.02. The van der Waals surface area contributed by atoms with Crippen molar-refractivity contribution in [3.05, 3.63) is 29.6 Å². The van der Waals surface area contributed by atoms with Gasteiger partial charge in [0.15, 0.2) is 0 Å². The van der Waals surface area contributed by atoms with Crippen molar-refractivity contribution in [1.82, 2.24) is 5.32 Å². The van der Waals surface area contributed by atoms with Gasteiger partial charge in [-0.05, 0) is 43.5 Å². The monoisotopic (exact) mass is 248 g/mol. The van der Waals surface area contributed by atoms with Crippen molar-refractivity contribution in [1.29, 1.82) is 0 Å². The smallest absolute Gasteiger partial charge is 0.244 e. The molecule has 0 unspecified atom stereocenters. The van der Waals surface area contributed by atoms with Gasteiger partial charge in [0, 0.05) is 12.2 Å². The molecule has 1 N–H and O–H groups in total. The minimum Gasteiger partial charge on any atom is -0.310 e. The van der Waals surface area contributed by atoms with Crippen LogP contribution in [-0.2, 0) is 11.2 Å². The highest BCUT2D eigenvalue weighted by molar-refractivity contribution is 5.99. The fourth-order valence-corrected chi connectivity index (χ4v) is 2.83. The predicted molar refractivity (Wildman–Crippen MR) is 68.1 cm³/mol. The lowest BCUT2D eigenvalue weighted by atomic mass is 10.0. The van der Waals surface area contributed by atoms with E-state index in [1.54, 1.807) is 11.0 Å². The third-order valence-electron chi connectivity index (χ3n) is 3.82. The van der Waals surface area contributed by atoms with Crippen LogP contribution in [0.25, 0.3) is 0 Å². The van der Waals surface area contributed by atoms with Crippen molar-refractivity contribution in [2.24, 2.45) is 0 Å². The second kappa shape index (κ2) is 4.69. The number of hydrogen-bond donors (Lipinski definition) is 1. The molecular weight excluding hydrogens is 231 g/mol. The summed E-state index contributed by atoms with van der Waals surface area (Å²) in [5.74, 6) is -0.177. The van der Waals surface area contributed by atoms with E-state index >= 15 is 0 Å². The highest BCUT2D eigenvalue weighted by Gasteiger charge is 2.30. The van der Waals surface area contributed by atoms with E-state index in [-0.39, 0.29) is 17.8 Å². The second-order valence-corrected chi connectivity index (χ2v) is 5.02. The summed E-state index contributed by atoms with van der Waals surface area (Å²) in [7, 11) is 0. The first kappa shape index (κ1) is 11.7. The molecule has 0 aliphatic carbocycles. The van der Waals surface area contributed by atoms with E-state index in [0.717, 1.165) is 43.5 Å². The molecule has 3 nitrogen and oxygen atoms in total. The molecule has 0 spiro atoms. The first-order valence-corrected chi connectivity index (χ1v) is 6.59. The normalized spacial score (nSPS) is 22.9. The third kappa shape index (κ3) is 2.01. The number of benzene rings is 1. The number of hydrogen-bond acceptors (Lipinski definition) is 2. The Labute approximate surface area is 106 Å². The van der Waals surface area contributed by atoms with E-state index in [4.69, 9.17) is 0 Å². The Bertz CT molecular complexity index is 469. The van der Waals surface area contributed by atoms with Crippen molar-refractivity contribution < 1.29 is 9.18 Å². The largest absolute Gasteiger partial charge is 0.310 e. The zero-order chi connectivity index (χ0) is 12.5.